The highest BCUT2D eigenvalue weighted by Crippen LogP contribution is 2.17. The highest BCUT2D eigenvalue weighted by Gasteiger charge is 2.15. The van der Waals surface area contributed by atoms with Crippen molar-refractivity contribution in [2.75, 3.05) is 4.72 Å². The number of carboxylic acid groups (broad SMARTS) is 1. The molecule has 0 amide bonds. The van der Waals surface area contributed by atoms with Crippen LogP contribution in [0.4, 0.5) is 5.82 Å². The van der Waals surface area contributed by atoms with Gasteiger partial charge in [-0.2, -0.15) is 0 Å². The third-order valence-electron chi connectivity index (χ3n) is 2.84. The Morgan fingerprint density at radius 2 is 1.91 bits per heavy atom. The number of carbonyl (C=O) groups excluding carboxylic acids is 1. The van der Waals surface area contributed by atoms with E-state index in [1.807, 2.05) is 0 Å². The fourth-order valence-corrected chi connectivity index (χ4v) is 2.78. The van der Waals surface area contributed by atoms with Gasteiger partial charge < -0.3 is 9.90 Å². The van der Waals surface area contributed by atoms with E-state index < -0.39 is 16.0 Å². The van der Waals surface area contributed by atoms with Crippen molar-refractivity contribution in [2.45, 2.75) is 11.8 Å². The monoisotopic (exact) mass is 317 g/mol. The molecule has 2 aromatic rings. The van der Waals surface area contributed by atoms with Gasteiger partial charge in [0.2, 0.25) is 0 Å². The number of sulfonamides is 1. The van der Waals surface area contributed by atoms with Crippen LogP contribution in [-0.4, -0.2) is 19.4 Å². The Morgan fingerprint density at radius 3 is 2.50 bits per heavy atom. The maximum Gasteiger partial charge on any atom is 0.263 e. The number of aromatic nitrogens is 1. The predicted octanol–water partition coefficient (Wildman–Crippen LogP) is 0.954. The molecule has 0 aliphatic carbocycles. The average Bonchev–Trinajstić information content (AvgIpc) is 2.48. The van der Waals surface area contributed by atoms with E-state index in [2.05, 4.69) is 9.71 Å². The minimum Gasteiger partial charge on any atom is -0.545 e. The van der Waals surface area contributed by atoms with Gasteiger partial charge in [-0.1, -0.05) is 24.3 Å². The van der Waals surface area contributed by atoms with E-state index in [9.17, 15) is 18.3 Å². The normalized spacial score (nSPS) is 11.5. The number of hydrogen-bond acceptors (Lipinski definition) is 5. The maximum absolute atomic E-state index is 12.3. The lowest BCUT2D eigenvalue weighted by Gasteiger charge is -2.09. The smallest absolute Gasteiger partial charge is 0.263 e. The summed E-state index contributed by atoms with van der Waals surface area (Å²) in [6.45, 7) is 1.75. The Kier molecular flexibility index (Phi) is 4.57. The van der Waals surface area contributed by atoms with Gasteiger partial charge in [0.25, 0.3) is 10.0 Å². The highest BCUT2D eigenvalue weighted by atomic mass is 32.2. The predicted molar refractivity (Wildman–Crippen MR) is 80.3 cm³/mol. The fourth-order valence-electron chi connectivity index (χ4n) is 1.70. The SMILES string of the molecule is Cc1cccnc1NS(=O)(=O)c1ccc(/C=C/C(=O)[O-])cc1. The van der Waals surface area contributed by atoms with Crippen molar-refractivity contribution in [3.05, 3.63) is 59.8 Å². The molecule has 1 N–H and O–H groups in total. The molecule has 1 aromatic heterocycles. The van der Waals surface area contributed by atoms with Crippen molar-refractivity contribution in [1.29, 1.82) is 0 Å². The summed E-state index contributed by atoms with van der Waals surface area (Å²) in [6, 6.07) is 9.23. The Labute approximate surface area is 128 Å². The first kappa shape index (κ1) is 15.7. The van der Waals surface area contributed by atoms with Crippen LogP contribution in [0, 0.1) is 6.92 Å². The van der Waals surface area contributed by atoms with Gasteiger partial charge in [0.15, 0.2) is 0 Å². The van der Waals surface area contributed by atoms with Gasteiger partial charge in [-0.3, -0.25) is 4.72 Å². The first-order valence-electron chi connectivity index (χ1n) is 6.32. The van der Waals surface area contributed by atoms with Crippen LogP contribution in [0.15, 0.2) is 53.6 Å². The molecule has 6 nitrogen and oxygen atoms in total. The maximum atomic E-state index is 12.3. The molecule has 0 saturated heterocycles. The number of carboxylic acids is 1. The largest absolute Gasteiger partial charge is 0.545 e. The van der Waals surface area contributed by atoms with Crippen molar-refractivity contribution >= 4 is 27.9 Å². The summed E-state index contributed by atoms with van der Waals surface area (Å²) in [5.41, 5.74) is 1.26. The average molecular weight is 317 g/mol. The van der Waals surface area contributed by atoms with Crippen LogP contribution in [0.2, 0.25) is 0 Å². The van der Waals surface area contributed by atoms with Crippen molar-refractivity contribution in [3.8, 4) is 0 Å². The van der Waals surface area contributed by atoms with E-state index in [-0.39, 0.29) is 10.7 Å². The third-order valence-corrected chi connectivity index (χ3v) is 4.20. The van der Waals surface area contributed by atoms with Gasteiger partial charge in [-0.25, -0.2) is 13.4 Å². The summed E-state index contributed by atoms with van der Waals surface area (Å²) >= 11 is 0. The number of nitrogens with zero attached hydrogens (tertiary/aromatic N) is 1. The molecular formula is C15H13N2O4S-. The quantitative estimate of drug-likeness (QED) is 0.828. The summed E-state index contributed by atoms with van der Waals surface area (Å²) in [6.07, 6.45) is 3.69. The number of nitrogens with one attached hydrogen (secondary N) is 1. The second-order valence-electron chi connectivity index (χ2n) is 4.50. The van der Waals surface area contributed by atoms with Crippen LogP contribution in [0.1, 0.15) is 11.1 Å². The molecule has 1 aromatic carbocycles. The van der Waals surface area contributed by atoms with Gasteiger partial charge in [0, 0.05) is 6.20 Å². The van der Waals surface area contributed by atoms with Gasteiger partial charge in [-0.15, -0.1) is 0 Å². The first-order chi connectivity index (χ1) is 10.4. The zero-order valence-electron chi connectivity index (χ0n) is 11.7. The lowest BCUT2D eigenvalue weighted by atomic mass is 10.2. The number of aliphatic carboxylic acids is 1. The van der Waals surface area contributed by atoms with Crippen molar-refractivity contribution in [3.63, 3.8) is 0 Å². The van der Waals surface area contributed by atoms with Crippen molar-refractivity contribution < 1.29 is 18.3 Å². The number of anilines is 1. The molecule has 0 spiro atoms. The fraction of sp³-hybridized carbons (Fsp3) is 0.0667. The van der Waals surface area contributed by atoms with Gasteiger partial charge in [0.1, 0.15) is 5.82 Å². The van der Waals surface area contributed by atoms with Crippen molar-refractivity contribution in [1.82, 2.24) is 4.98 Å². The van der Waals surface area contributed by atoms with Gasteiger partial charge in [0.05, 0.1) is 10.9 Å². The number of aryl methyl sites for hydroxylation is 1. The molecule has 0 aliphatic heterocycles. The molecule has 0 radical (unpaired) electrons. The molecule has 0 saturated carbocycles. The number of benzene rings is 1. The van der Waals surface area contributed by atoms with Gasteiger partial charge >= 0.3 is 0 Å². The molecule has 0 bridgehead atoms. The Bertz CT molecular complexity index is 812. The van der Waals surface area contributed by atoms with E-state index in [1.54, 1.807) is 19.1 Å². The molecule has 7 heteroatoms. The Morgan fingerprint density at radius 1 is 1.23 bits per heavy atom. The van der Waals surface area contributed by atoms with E-state index in [4.69, 9.17) is 0 Å². The van der Waals surface area contributed by atoms with Crippen LogP contribution in [0.25, 0.3) is 6.08 Å². The molecule has 0 unspecified atom stereocenters. The van der Waals surface area contributed by atoms with Crippen LogP contribution in [0.3, 0.4) is 0 Å². The Balaban J connectivity index is 2.23. The third kappa shape index (κ3) is 3.92. The molecule has 0 aliphatic rings. The summed E-state index contributed by atoms with van der Waals surface area (Å²) in [4.78, 5) is 14.4. The summed E-state index contributed by atoms with van der Waals surface area (Å²) in [5.74, 6) is -1.05. The van der Waals surface area contributed by atoms with Crippen LogP contribution in [0.5, 0.6) is 0 Å². The lowest BCUT2D eigenvalue weighted by molar-refractivity contribution is -0.297. The number of rotatable bonds is 5. The van der Waals surface area contributed by atoms with E-state index in [1.165, 1.54) is 36.5 Å². The van der Waals surface area contributed by atoms with Crippen molar-refractivity contribution in [2.24, 2.45) is 0 Å². The summed E-state index contributed by atoms with van der Waals surface area (Å²) in [7, 11) is -3.75. The summed E-state index contributed by atoms with van der Waals surface area (Å²) < 4.78 is 26.9. The van der Waals surface area contributed by atoms with Gasteiger partial charge in [-0.05, 0) is 42.3 Å². The Hall–Kier alpha value is -2.67. The second kappa shape index (κ2) is 6.40. The highest BCUT2D eigenvalue weighted by molar-refractivity contribution is 7.92. The molecule has 114 valence electrons. The van der Waals surface area contributed by atoms with E-state index >= 15 is 0 Å². The molecule has 2 rings (SSSR count). The van der Waals surface area contributed by atoms with Crippen LogP contribution >= 0.6 is 0 Å². The van der Waals surface area contributed by atoms with E-state index in [0.717, 1.165) is 6.08 Å². The van der Waals surface area contributed by atoms with E-state index in [0.29, 0.717) is 11.1 Å². The molecule has 22 heavy (non-hydrogen) atoms. The summed E-state index contributed by atoms with van der Waals surface area (Å²) in [5, 5.41) is 10.3. The first-order valence-corrected chi connectivity index (χ1v) is 7.80. The molecule has 1 heterocycles. The minimum absolute atomic E-state index is 0.0585. The molecule has 0 atom stereocenters. The zero-order chi connectivity index (χ0) is 16.2. The number of carbonyl (C=O) groups is 1. The molecular weight excluding hydrogens is 304 g/mol. The minimum atomic E-state index is -3.75. The number of pyridine rings is 1. The molecule has 0 fully saturated rings. The van der Waals surface area contributed by atoms with Crippen LogP contribution in [-0.2, 0) is 14.8 Å². The lowest BCUT2D eigenvalue weighted by Crippen LogP contribution is -2.18. The standard InChI is InChI=1S/C15H14N2O4S/c1-11-3-2-10-16-15(11)17-22(20,21)13-7-4-12(5-8-13)6-9-14(18)19/h2-10H,1H3,(H,16,17)(H,18,19)/p-1/b9-6+. The topological polar surface area (TPSA) is 99.2 Å². The second-order valence-corrected chi connectivity index (χ2v) is 6.18. The van der Waals surface area contributed by atoms with Crippen LogP contribution < -0.4 is 9.83 Å². The number of hydrogen-bond donors (Lipinski definition) is 1. The zero-order valence-corrected chi connectivity index (χ0v) is 12.5.